The average molecular weight is 128 g/mol. The zero-order valence-electron chi connectivity index (χ0n) is 6.30. The summed E-state index contributed by atoms with van der Waals surface area (Å²) < 4.78 is 0. The minimum Gasteiger partial charge on any atom is -0.392 e. The van der Waals surface area contributed by atoms with Gasteiger partial charge in [0.2, 0.25) is 0 Å². The normalized spacial score (nSPS) is 11.6. The van der Waals surface area contributed by atoms with Crippen molar-refractivity contribution < 1.29 is 5.11 Å². The Morgan fingerprint density at radius 1 is 1.33 bits per heavy atom. The molecule has 0 spiro atoms. The lowest BCUT2D eigenvalue weighted by molar-refractivity contribution is 0.342. The molecule has 1 nitrogen and oxygen atoms in total. The Kier molecular flexibility index (Phi) is 5.64. The second-order valence-electron chi connectivity index (χ2n) is 2.63. The van der Waals surface area contributed by atoms with Crippen LogP contribution in [0.1, 0.15) is 26.7 Å². The lowest BCUT2D eigenvalue weighted by atomic mass is 10.1. The smallest absolute Gasteiger partial charge is 0.0612 e. The summed E-state index contributed by atoms with van der Waals surface area (Å²) in [5, 5.41) is 8.34. The Morgan fingerprint density at radius 2 is 2.00 bits per heavy atom. The lowest BCUT2D eigenvalue weighted by Crippen LogP contribution is -1.83. The highest BCUT2D eigenvalue weighted by atomic mass is 16.2. The molecule has 0 aliphatic rings. The molecule has 0 unspecified atom stereocenters. The van der Waals surface area contributed by atoms with Gasteiger partial charge in [0, 0.05) is 0 Å². The van der Waals surface area contributed by atoms with E-state index in [-0.39, 0.29) is 6.61 Å². The quantitative estimate of drug-likeness (QED) is 0.574. The third-order valence-corrected chi connectivity index (χ3v) is 1.18. The highest BCUT2D eigenvalue weighted by Gasteiger charge is 1.88. The molecular weight excluding hydrogens is 112 g/mol. The van der Waals surface area contributed by atoms with Gasteiger partial charge in [-0.05, 0) is 18.8 Å². The predicted molar refractivity (Wildman–Crippen MR) is 40.3 cm³/mol. The van der Waals surface area contributed by atoms with Crippen LogP contribution in [-0.4, -0.2) is 11.7 Å². The average Bonchev–Trinajstić information content (AvgIpc) is 1.80. The Labute approximate surface area is 57.4 Å². The highest BCUT2D eigenvalue weighted by Crippen LogP contribution is 2.03. The van der Waals surface area contributed by atoms with E-state index in [1.807, 2.05) is 6.08 Å². The fourth-order valence-electron chi connectivity index (χ4n) is 0.622. The summed E-state index contributed by atoms with van der Waals surface area (Å²) in [6.45, 7) is 4.58. The third kappa shape index (κ3) is 7.70. The SMILES string of the molecule is CC(C)CCC=CCO. The number of hydrogen-bond donors (Lipinski definition) is 1. The molecule has 0 aromatic rings. The summed E-state index contributed by atoms with van der Waals surface area (Å²) in [6, 6.07) is 0. The minimum absolute atomic E-state index is 0.179. The Bertz CT molecular complexity index is 74.6. The summed E-state index contributed by atoms with van der Waals surface area (Å²) in [4.78, 5) is 0. The van der Waals surface area contributed by atoms with Crippen molar-refractivity contribution in [1.82, 2.24) is 0 Å². The standard InChI is InChI=1S/C8H16O/c1-8(2)6-4-3-5-7-9/h3,5,8-9H,4,6-7H2,1-2H3. The van der Waals surface area contributed by atoms with Gasteiger partial charge in [-0.3, -0.25) is 0 Å². The van der Waals surface area contributed by atoms with Crippen LogP contribution in [0, 0.1) is 5.92 Å². The Hall–Kier alpha value is -0.300. The first-order valence-corrected chi connectivity index (χ1v) is 3.53. The number of aliphatic hydroxyl groups is 1. The van der Waals surface area contributed by atoms with Gasteiger partial charge in [0.05, 0.1) is 6.61 Å². The van der Waals surface area contributed by atoms with Crippen molar-refractivity contribution in [3.05, 3.63) is 12.2 Å². The minimum atomic E-state index is 0.179. The zero-order chi connectivity index (χ0) is 7.11. The highest BCUT2D eigenvalue weighted by molar-refractivity contribution is 4.80. The van der Waals surface area contributed by atoms with E-state index in [4.69, 9.17) is 5.11 Å². The van der Waals surface area contributed by atoms with Crippen LogP contribution in [0.2, 0.25) is 0 Å². The predicted octanol–water partition coefficient (Wildman–Crippen LogP) is 1.97. The van der Waals surface area contributed by atoms with Crippen LogP contribution in [0.3, 0.4) is 0 Å². The van der Waals surface area contributed by atoms with Crippen molar-refractivity contribution in [2.24, 2.45) is 5.92 Å². The first-order chi connectivity index (χ1) is 4.27. The maximum absolute atomic E-state index is 8.34. The first kappa shape index (κ1) is 8.70. The molecule has 1 heteroatoms. The van der Waals surface area contributed by atoms with Crippen LogP contribution in [0.4, 0.5) is 0 Å². The van der Waals surface area contributed by atoms with Gasteiger partial charge in [-0.25, -0.2) is 0 Å². The fourth-order valence-corrected chi connectivity index (χ4v) is 0.622. The summed E-state index contributed by atoms with van der Waals surface area (Å²) in [6.07, 6.45) is 6.14. The molecule has 0 saturated carbocycles. The van der Waals surface area contributed by atoms with Crippen LogP contribution in [0.5, 0.6) is 0 Å². The van der Waals surface area contributed by atoms with E-state index >= 15 is 0 Å². The number of rotatable bonds is 4. The molecule has 0 radical (unpaired) electrons. The second kappa shape index (κ2) is 5.83. The Balaban J connectivity index is 2.99. The first-order valence-electron chi connectivity index (χ1n) is 3.53. The van der Waals surface area contributed by atoms with E-state index in [0.717, 1.165) is 12.3 Å². The summed E-state index contributed by atoms with van der Waals surface area (Å²) in [7, 11) is 0. The maximum atomic E-state index is 8.34. The van der Waals surface area contributed by atoms with Gasteiger partial charge in [0.1, 0.15) is 0 Å². The van der Waals surface area contributed by atoms with Crippen molar-refractivity contribution >= 4 is 0 Å². The van der Waals surface area contributed by atoms with Crippen LogP contribution in [0.25, 0.3) is 0 Å². The Morgan fingerprint density at radius 3 is 2.44 bits per heavy atom. The van der Waals surface area contributed by atoms with E-state index in [2.05, 4.69) is 13.8 Å². The number of aliphatic hydroxyl groups excluding tert-OH is 1. The van der Waals surface area contributed by atoms with Gasteiger partial charge in [-0.1, -0.05) is 26.0 Å². The van der Waals surface area contributed by atoms with Gasteiger partial charge in [0.15, 0.2) is 0 Å². The molecule has 0 bridgehead atoms. The monoisotopic (exact) mass is 128 g/mol. The van der Waals surface area contributed by atoms with Crippen molar-refractivity contribution in [3.8, 4) is 0 Å². The maximum Gasteiger partial charge on any atom is 0.0612 e. The summed E-state index contributed by atoms with van der Waals surface area (Å²) in [5.41, 5.74) is 0. The number of hydrogen-bond acceptors (Lipinski definition) is 1. The molecule has 54 valence electrons. The second-order valence-corrected chi connectivity index (χ2v) is 2.63. The fraction of sp³-hybridized carbons (Fsp3) is 0.750. The molecule has 0 aliphatic heterocycles. The van der Waals surface area contributed by atoms with Crippen molar-refractivity contribution in [2.75, 3.05) is 6.61 Å². The van der Waals surface area contributed by atoms with Crippen molar-refractivity contribution in [3.63, 3.8) is 0 Å². The molecule has 0 rings (SSSR count). The van der Waals surface area contributed by atoms with E-state index < -0.39 is 0 Å². The molecule has 9 heavy (non-hydrogen) atoms. The topological polar surface area (TPSA) is 20.2 Å². The number of allylic oxidation sites excluding steroid dienone is 1. The summed E-state index contributed by atoms with van der Waals surface area (Å²) in [5.74, 6) is 0.772. The molecule has 0 amide bonds. The molecule has 1 N–H and O–H groups in total. The van der Waals surface area contributed by atoms with Gasteiger partial charge >= 0.3 is 0 Å². The molecular formula is C8H16O. The largest absolute Gasteiger partial charge is 0.392 e. The molecule has 0 aromatic heterocycles. The van der Waals surface area contributed by atoms with Crippen LogP contribution < -0.4 is 0 Å². The van der Waals surface area contributed by atoms with Crippen molar-refractivity contribution in [2.45, 2.75) is 26.7 Å². The van der Waals surface area contributed by atoms with Crippen molar-refractivity contribution in [1.29, 1.82) is 0 Å². The van der Waals surface area contributed by atoms with Gasteiger partial charge in [0.25, 0.3) is 0 Å². The molecule has 0 atom stereocenters. The molecule has 0 aliphatic carbocycles. The molecule has 0 heterocycles. The van der Waals surface area contributed by atoms with Crippen LogP contribution in [-0.2, 0) is 0 Å². The third-order valence-electron chi connectivity index (χ3n) is 1.18. The van der Waals surface area contributed by atoms with E-state index in [0.29, 0.717) is 0 Å². The molecule has 0 fully saturated rings. The van der Waals surface area contributed by atoms with E-state index in [9.17, 15) is 0 Å². The lowest BCUT2D eigenvalue weighted by Gasteiger charge is -1.97. The van der Waals surface area contributed by atoms with Crippen LogP contribution in [0.15, 0.2) is 12.2 Å². The van der Waals surface area contributed by atoms with Gasteiger partial charge in [-0.2, -0.15) is 0 Å². The van der Waals surface area contributed by atoms with E-state index in [1.54, 1.807) is 6.08 Å². The summed E-state index contributed by atoms with van der Waals surface area (Å²) >= 11 is 0. The van der Waals surface area contributed by atoms with E-state index in [1.165, 1.54) is 6.42 Å². The van der Waals surface area contributed by atoms with Gasteiger partial charge < -0.3 is 5.11 Å². The molecule has 0 aromatic carbocycles. The zero-order valence-corrected chi connectivity index (χ0v) is 6.30. The van der Waals surface area contributed by atoms with Crippen LogP contribution >= 0.6 is 0 Å². The molecule has 0 saturated heterocycles. The van der Waals surface area contributed by atoms with Gasteiger partial charge in [-0.15, -0.1) is 0 Å².